The Balaban J connectivity index is 1.58. The Kier molecular flexibility index (Phi) is 5.59. The highest BCUT2D eigenvalue weighted by molar-refractivity contribution is 5.92. The van der Waals surface area contributed by atoms with E-state index in [0.29, 0.717) is 24.0 Å². The van der Waals surface area contributed by atoms with Crippen molar-refractivity contribution in [3.8, 4) is 0 Å². The summed E-state index contributed by atoms with van der Waals surface area (Å²) in [5.41, 5.74) is 3.55. The molecule has 2 N–H and O–H groups in total. The number of benzene rings is 2. The average molecular weight is 346 g/mol. The Morgan fingerprint density at radius 2 is 1.65 bits per heavy atom. The van der Waals surface area contributed by atoms with E-state index in [4.69, 9.17) is 0 Å². The molecule has 0 bridgehead atoms. The van der Waals surface area contributed by atoms with Gasteiger partial charge in [-0.3, -0.25) is 4.79 Å². The lowest BCUT2D eigenvalue weighted by atomic mass is 10.0. The quantitative estimate of drug-likeness (QED) is 0.699. The summed E-state index contributed by atoms with van der Waals surface area (Å²) in [7, 11) is 0. The van der Waals surface area contributed by atoms with Crippen LogP contribution >= 0.6 is 0 Å². The number of rotatable bonds is 6. The minimum absolute atomic E-state index is 0.241. The number of carbonyl (C=O) groups excluding carboxylic acids is 1. The molecule has 3 aromatic rings. The maximum Gasteiger partial charge on any atom is 0.272 e. The SMILES string of the molecule is CC(C)c1ccc(Nc2ccc(C(=O)NCc3ccccc3)nn2)cc1. The van der Waals surface area contributed by atoms with E-state index in [1.165, 1.54) is 5.56 Å². The Bertz CT molecular complexity index is 843. The van der Waals surface area contributed by atoms with Gasteiger partial charge in [0.2, 0.25) is 0 Å². The van der Waals surface area contributed by atoms with Gasteiger partial charge in [0.15, 0.2) is 11.5 Å². The molecule has 3 rings (SSSR count). The van der Waals surface area contributed by atoms with Crippen LogP contribution in [0.3, 0.4) is 0 Å². The summed E-state index contributed by atoms with van der Waals surface area (Å²) in [6, 6.07) is 21.4. The lowest BCUT2D eigenvalue weighted by Gasteiger charge is -2.09. The topological polar surface area (TPSA) is 66.9 Å². The highest BCUT2D eigenvalue weighted by Gasteiger charge is 2.08. The fourth-order valence-corrected chi connectivity index (χ4v) is 2.49. The maximum absolute atomic E-state index is 12.2. The summed E-state index contributed by atoms with van der Waals surface area (Å²) < 4.78 is 0. The number of nitrogens with zero attached hydrogens (tertiary/aromatic N) is 2. The van der Waals surface area contributed by atoms with Gasteiger partial charge in [-0.1, -0.05) is 56.3 Å². The lowest BCUT2D eigenvalue weighted by Crippen LogP contribution is -2.24. The molecule has 0 aliphatic heterocycles. The molecule has 0 aliphatic rings. The predicted octanol–water partition coefficient (Wildman–Crippen LogP) is 4.27. The summed E-state index contributed by atoms with van der Waals surface area (Å²) in [5, 5.41) is 14.1. The molecule has 1 amide bonds. The largest absolute Gasteiger partial charge is 0.347 e. The standard InChI is InChI=1S/C21H22N4O/c1-15(2)17-8-10-18(11-9-17)23-20-13-12-19(24-25-20)21(26)22-14-16-6-4-3-5-7-16/h3-13,15H,14H2,1-2H3,(H,22,26)(H,23,25). The number of hydrogen-bond donors (Lipinski definition) is 2. The van der Waals surface area contributed by atoms with Crippen LogP contribution in [0, 0.1) is 0 Å². The molecule has 2 aromatic carbocycles. The van der Waals surface area contributed by atoms with Crippen molar-refractivity contribution in [2.45, 2.75) is 26.3 Å². The van der Waals surface area contributed by atoms with Gasteiger partial charge in [-0.05, 0) is 41.3 Å². The van der Waals surface area contributed by atoms with Gasteiger partial charge in [-0.25, -0.2) is 0 Å². The van der Waals surface area contributed by atoms with Crippen molar-refractivity contribution in [1.29, 1.82) is 0 Å². The van der Waals surface area contributed by atoms with E-state index in [-0.39, 0.29) is 5.91 Å². The Morgan fingerprint density at radius 3 is 2.27 bits per heavy atom. The van der Waals surface area contributed by atoms with Crippen molar-refractivity contribution in [2.24, 2.45) is 0 Å². The monoisotopic (exact) mass is 346 g/mol. The maximum atomic E-state index is 12.2. The molecule has 132 valence electrons. The van der Waals surface area contributed by atoms with Gasteiger partial charge >= 0.3 is 0 Å². The van der Waals surface area contributed by atoms with Crippen molar-refractivity contribution < 1.29 is 4.79 Å². The summed E-state index contributed by atoms with van der Waals surface area (Å²) >= 11 is 0. The molecule has 1 aromatic heterocycles. The number of nitrogens with one attached hydrogen (secondary N) is 2. The molecule has 26 heavy (non-hydrogen) atoms. The van der Waals surface area contributed by atoms with E-state index in [2.05, 4.69) is 46.8 Å². The third kappa shape index (κ3) is 4.66. The van der Waals surface area contributed by atoms with Crippen LogP contribution in [-0.4, -0.2) is 16.1 Å². The van der Waals surface area contributed by atoms with Gasteiger partial charge in [0.05, 0.1) is 0 Å². The Hall–Kier alpha value is -3.21. The van der Waals surface area contributed by atoms with Crippen LogP contribution in [0.4, 0.5) is 11.5 Å². The molecule has 0 fully saturated rings. The minimum atomic E-state index is -0.241. The zero-order chi connectivity index (χ0) is 18.4. The summed E-state index contributed by atoms with van der Waals surface area (Å²) in [4.78, 5) is 12.2. The summed E-state index contributed by atoms with van der Waals surface area (Å²) in [5.74, 6) is 0.855. The Labute approximate surface area is 153 Å². The van der Waals surface area contributed by atoms with E-state index in [9.17, 15) is 4.79 Å². The average Bonchev–Trinajstić information content (AvgIpc) is 2.68. The van der Waals surface area contributed by atoms with Crippen molar-refractivity contribution in [3.05, 3.63) is 83.6 Å². The molecule has 0 unspecified atom stereocenters. The number of carbonyl (C=O) groups is 1. The third-order valence-electron chi connectivity index (χ3n) is 4.04. The van der Waals surface area contributed by atoms with E-state index < -0.39 is 0 Å². The fourth-order valence-electron chi connectivity index (χ4n) is 2.49. The highest BCUT2D eigenvalue weighted by atomic mass is 16.1. The second kappa shape index (κ2) is 8.25. The normalized spacial score (nSPS) is 10.6. The molecule has 5 nitrogen and oxygen atoms in total. The molecule has 0 saturated carbocycles. The number of hydrogen-bond acceptors (Lipinski definition) is 4. The van der Waals surface area contributed by atoms with Gasteiger partial charge in [-0.2, -0.15) is 0 Å². The van der Waals surface area contributed by atoms with Crippen molar-refractivity contribution in [3.63, 3.8) is 0 Å². The first-order valence-electron chi connectivity index (χ1n) is 8.64. The number of anilines is 2. The minimum Gasteiger partial charge on any atom is -0.347 e. The van der Waals surface area contributed by atoms with Crippen LogP contribution < -0.4 is 10.6 Å². The summed E-state index contributed by atoms with van der Waals surface area (Å²) in [6.07, 6.45) is 0. The molecule has 0 aliphatic carbocycles. The van der Waals surface area contributed by atoms with Crippen LogP contribution in [0.15, 0.2) is 66.7 Å². The van der Waals surface area contributed by atoms with Gasteiger partial charge in [0.25, 0.3) is 5.91 Å². The second-order valence-corrected chi connectivity index (χ2v) is 6.37. The van der Waals surface area contributed by atoms with Crippen molar-refractivity contribution >= 4 is 17.4 Å². The molecular formula is C21H22N4O. The van der Waals surface area contributed by atoms with Gasteiger partial charge in [0, 0.05) is 12.2 Å². The highest BCUT2D eigenvalue weighted by Crippen LogP contribution is 2.19. The van der Waals surface area contributed by atoms with Crippen LogP contribution in [0.5, 0.6) is 0 Å². The predicted molar refractivity (Wildman–Crippen MR) is 103 cm³/mol. The Morgan fingerprint density at radius 1 is 0.923 bits per heavy atom. The first kappa shape index (κ1) is 17.6. The zero-order valence-electron chi connectivity index (χ0n) is 14.9. The van der Waals surface area contributed by atoms with E-state index in [1.54, 1.807) is 12.1 Å². The molecule has 0 radical (unpaired) electrons. The van der Waals surface area contributed by atoms with Gasteiger partial charge in [-0.15, -0.1) is 10.2 Å². The van der Waals surface area contributed by atoms with Gasteiger partial charge in [0.1, 0.15) is 0 Å². The van der Waals surface area contributed by atoms with Crippen molar-refractivity contribution in [1.82, 2.24) is 15.5 Å². The van der Waals surface area contributed by atoms with Crippen LogP contribution in [0.2, 0.25) is 0 Å². The van der Waals surface area contributed by atoms with Crippen LogP contribution in [-0.2, 0) is 6.54 Å². The van der Waals surface area contributed by atoms with Crippen molar-refractivity contribution in [2.75, 3.05) is 5.32 Å². The smallest absolute Gasteiger partial charge is 0.272 e. The zero-order valence-corrected chi connectivity index (χ0v) is 14.9. The number of amides is 1. The third-order valence-corrected chi connectivity index (χ3v) is 4.04. The molecule has 1 heterocycles. The molecule has 5 heteroatoms. The molecule has 0 spiro atoms. The summed E-state index contributed by atoms with van der Waals surface area (Å²) in [6.45, 7) is 4.79. The van der Waals surface area contributed by atoms with Crippen LogP contribution in [0.1, 0.15) is 41.4 Å². The molecule has 0 atom stereocenters. The van der Waals surface area contributed by atoms with E-state index >= 15 is 0 Å². The van der Waals surface area contributed by atoms with E-state index in [0.717, 1.165) is 11.3 Å². The van der Waals surface area contributed by atoms with Gasteiger partial charge < -0.3 is 10.6 Å². The first-order valence-corrected chi connectivity index (χ1v) is 8.64. The lowest BCUT2D eigenvalue weighted by molar-refractivity contribution is 0.0945. The number of aromatic nitrogens is 2. The molecule has 0 saturated heterocycles. The molecular weight excluding hydrogens is 324 g/mol. The fraction of sp³-hybridized carbons (Fsp3) is 0.190. The van der Waals surface area contributed by atoms with E-state index in [1.807, 2.05) is 42.5 Å². The first-order chi connectivity index (χ1) is 12.6. The van der Waals surface area contributed by atoms with Crippen LogP contribution in [0.25, 0.3) is 0 Å². The second-order valence-electron chi connectivity index (χ2n) is 6.37.